The van der Waals surface area contributed by atoms with Crippen molar-refractivity contribution < 1.29 is 4.74 Å². The number of nitrogens with zero attached hydrogens (tertiary/aromatic N) is 2. The zero-order chi connectivity index (χ0) is 11.8. The van der Waals surface area contributed by atoms with E-state index >= 15 is 0 Å². The topological polar surface area (TPSA) is 36.3 Å². The van der Waals surface area contributed by atoms with Gasteiger partial charge in [-0.15, -0.1) is 11.8 Å². The second-order valence-electron chi connectivity index (χ2n) is 3.80. The second kappa shape index (κ2) is 7.37. The first-order valence-corrected chi connectivity index (χ1v) is 6.37. The molecule has 0 aliphatic carbocycles. The van der Waals surface area contributed by atoms with Crippen LogP contribution in [0, 0.1) is 11.3 Å². The van der Waals surface area contributed by atoms with Gasteiger partial charge in [-0.05, 0) is 18.4 Å². The van der Waals surface area contributed by atoms with Crippen molar-refractivity contribution in [2.75, 3.05) is 26.3 Å². The Bertz CT molecular complexity index is 299. The summed E-state index contributed by atoms with van der Waals surface area (Å²) in [5.41, 5.74) is 0. The van der Waals surface area contributed by atoms with Crippen molar-refractivity contribution in [3.63, 3.8) is 0 Å². The molecule has 16 heavy (non-hydrogen) atoms. The smallest absolute Gasteiger partial charge is 0.106 e. The summed E-state index contributed by atoms with van der Waals surface area (Å²) < 4.78 is 5.25. The number of hydrogen-bond donors (Lipinski definition) is 0. The molecule has 1 fully saturated rings. The van der Waals surface area contributed by atoms with Crippen LogP contribution in [-0.2, 0) is 4.74 Å². The molecule has 1 aliphatic rings. The highest BCUT2D eigenvalue weighted by molar-refractivity contribution is 8.03. The normalized spacial score (nSPS) is 18.1. The quantitative estimate of drug-likeness (QED) is 0.556. The van der Waals surface area contributed by atoms with Gasteiger partial charge in [0.05, 0.1) is 18.1 Å². The van der Waals surface area contributed by atoms with Gasteiger partial charge in [-0.1, -0.05) is 13.8 Å². The highest BCUT2D eigenvalue weighted by Gasteiger charge is 2.04. The number of nitriles is 1. The standard InChI is InChI=1S/C12H18N2OS/c1-11(2)16-12(10-13)4-3-5-14-6-8-15-9-7-14/h3-5,11H,6-9H2,1-2H3. The molecule has 0 spiro atoms. The monoisotopic (exact) mass is 238 g/mol. The van der Waals surface area contributed by atoms with Crippen molar-refractivity contribution in [3.8, 4) is 6.07 Å². The molecule has 0 radical (unpaired) electrons. The molecule has 4 heteroatoms. The van der Waals surface area contributed by atoms with Crippen molar-refractivity contribution in [2.45, 2.75) is 19.1 Å². The minimum absolute atomic E-state index is 0.447. The van der Waals surface area contributed by atoms with Crippen LogP contribution in [0.2, 0.25) is 0 Å². The Kier molecular flexibility index (Phi) is 6.05. The van der Waals surface area contributed by atoms with Gasteiger partial charge >= 0.3 is 0 Å². The number of thioether (sulfide) groups is 1. The largest absolute Gasteiger partial charge is 0.378 e. The van der Waals surface area contributed by atoms with E-state index in [0.717, 1.165) is 31.2 Å². The molecule has 0 saturated carbocycles. The minimum atomic E-state index is 0.447. The third-order valence-electron chi connectivity index (χ3n) is 2.06. The van der Waals surface area contributed by atoms with Crippen molar-refractivity contribution in [1.82, 2.24) is 4.90 Å². The van der Waals surface area contributed by atoms with Gasteiger partial charge in [-0.25, -0.2) is 0 Å². The maximum Gasteiger partial charge on any atom is 0.106 e. The van der Waals surface area contributed by atoms with Gasteiger partial charge in [0, 0.05) is 18.3 Å². The van der Waals surface area contributed by atoms with E-state index in [0.29, 0.717) is 5.25 Å². The lowest BCUT2D eigenvalue weighted by Crippen LogP contribution is -2.31. The van der Waals surface area contributed by atoms with Gasteiger partial charge in [0.15, 0.2) is 0 Å². The fourth-order valence-electron chi connectivity index (χ4n) is 1.34. The molecule has 1 aliphatic heterocycles. The van der Waals surface area contributed by atoms with Crippen LogP contribution in [0.25, 0.3) is 0 Å². The average Bonchev–Trinajstić information content (AvgIpc) is 2.28. The molecular formula is C12H18N2OS. The maximum atomic E-state index is 8.91. The first-order chi connectivity index (χ1) is 7.72. The minimum Gasteiger partial charge on any atom is -0.378 e. The molecule has 0 aromatic carbocycles. The van der Waals surface area contributed by atoms with Crippen LogP contribution in [0.5, 0.6) is 0 Å². The van der Waals surface area contributed by atoms with Crippen LogP contribution in [0.3, 0.4) is 0 Å². The van der Waals surface area contributed by atoms with E-state index in [9.17, 15) is 0 Å². The Morgan fingerprint density at radius 1 is 1.44 bits per heavy atom. The molecule has 1 heterocycles. The Labute approximate surface area is 102 Å². The SMILES string of the molecule is CC(C)SC(C#N)=CC=CN1CCOCC1. The van der Waals surface area contributed by atoms with E-state index in [1.807, 2.05) is 18.4 Å². The van der Waals surface area contributed by atoms with Gasteiger partial charge in [0.2, 0.25) is 0 Å². The van der Waals surface area contributed by atoms with Crippen molar-refractivity contribution in [3.05, 3.63) is 23.3 Å². The summed E-state index contributed by atoms with van der Waals surface area (Å²) in [6.45, 7) is 7.62. The third-order valence-corrected chi connectivity index (χ3v) is 3.02. The molecule has 0 atom stereocenters. The van der Waals surface area contributed by atoms with Crippen LogP contribution in [-0.4, -0.2) is 36.5 Å². The van der Waals surface area contributed by atoms with Crippen molar-refractivity contribution >= 4 is 11.8 Å². The highest BCUT2D eigenvalue weighted by Crippen LogP contribution is 2.20. The number of ether oxygens (including phenoxy) is 1. The molecule has 0 N–H and O–H groups in total. The van der Waals surface area contributed by atoms with Crippen LogP contribution in [0.4, 0.5) is 0 Å². The van der Waals surface area contributed by atoms with Gasteiger partial charge in [0.1, 0.15) is 6.07 Å². The molecule has 1 rings (SSSR count). The van der Waals surface area contributed by atoms with Gasteiger partial charge in [-0.2, -0.15) is 5.26 Å². The Hall–Kier alpha value is -0.920. The van der Waals surface area contributed by atoms with E-state index in [1.54, 1.807) is 11.8 Å². The average molecular weight is 238 g/mol. The van der Waals surface area contributed by atoms with Crippen LogP contribution in [0.15, 0.2) is 23.3 Å². The Balaban J connectivity index is 2.42. The van der Waals surface area contributed by atoms with E-state index in [4.69, 9.17) is 10.00 Å². The Morgan fingerprint density at radius 3 is 2.69 bits per heavy atom. The number of hydrogen-bond acceptors (Lipinski definition) is 4. The predicted molar refractivity (Wildman–Crippen MR) is 68.0 cm³/mol. The van der Waals surface area contributed by atoms with Crippen LogP contribution < -0.4 is 0 Å². The molecule has 0 aromatic heterocycles. The molecule has 3 nitrogen and oxygen atoms in total. The lowest BCUT2D eigenvalue weighted by molar-refractivity contribution is 0.0594. The van der Waals surface area contributed by atoms with Crippen LogP contribution >= 0.6 is 11.8 Å². The van der Waals surface area contributed by atoms with E-state index in [1.165, 1.54) is 0 Å². The zero-order valence-corrected chi connectivity index (χ0v) is 10.7. The lowest BCUT2D eigenvalue weighted by atomic mass is 10.4. The number of rotatable bonds is 4. The molecule has 1 saturated heterocycles. The first-order valence-electron chi connectivity index (χ1n) is 5.49. The molecule has 88 valence electrons. The Morgan fingerprint density at radius 2 is 2.12 bits per heavy atom. The fraction of sp³-hybridized carbons (Fsp3) is 0.583. The van der Waals surface area contributed by atoms with Crippen molar-refractivity contribution in [2.24, 2.45) is 0 Å². The van der Waals surface area contributed by atoms with Gasteiger partial charge in [0.25, 0.3) is 0 Å². The van der Waals surface area contributed by atoms with Crippen molar-refractivity contribution in [1.29, 1.82) is 5.26 Å². The molecule has 0 amide bonds. The number of morpholine rings is 1. The fourth-order valence-corrected chi connectivity index (χ4v) is 2.05. The molecule has 0 unspecified atom stereocenters. The molecular weight excluding hydrogens is 220 g/mol. The third kappa shape index (κ3) is 5.24. The molecule has 0 aromatic rings. The zero-order valence-electron chi connectivity index (χ0n) is 9.85. The van der Waals surface area contributed by atoms with E-state index < -0.39 is 0 Å². The van der Waals surface area contributed by atoms with E-state index in [2.05, 4.69) is 24.8 Å². The summed E-state index contributed by atoms with van der Waals surface area (Å²) in [5.74, 6) is 0. The first kappa shape index (κ1) is 13.1. The molecule has 0 bridgehead atoms. The lowest BCUT2D eigenvalue weighted by Gasteiger charge is -2.24. The summed E-state index contributed by atoms with van der Waals surface area (Å²) in [5, 5.41) is 9.35. The summed E-state index contributed by atoms with van der Waals surface area (Å²) in [4.78, 5) is 2.97. The van der Waals surface area contributed by atoms with Gasteiger partial charge < -0.3 is 9.64 Å². The highest BCUT2D eigenvalue weighted by atomic mass is 32.2. The second-order valence-corrected chi connectivity index (χ2v) is 5.42. The summed E-state index contributed by atoms with van der Waals surface area (Å²) in [7, 11) is 0. The van der Waals surface area contributed by atoms with Gasteiger partial charge in [-0.3, -0.25) is 0 Å². The van der Waals surface area contributed by atoms with Crippen LogP contribution in [0.1, 0.15) is 13.8 Å². The summed E-state index contributed by atoms with van der Waals surface area (Å²) in [6, 6.07) is 2.20. The maximum absolute atomic E-state index is 8.91. The number of allylic oxidation sites excluding steroid dienone is 3. The van der Waals surface area contributed by atoms with E-state index in [-0.39, 0.29) is 0 Å². The summed E-state index contributed by atoms with van der Waals surface area (Å²) >= 11 is 1.59. The predicted octanol–water partition coefficient (Wildman–Crippen LogP) is 2.38. The summed E-state index contributed by atoms with van der Waals surface area (Å²) in [6.07, 6.45) is 5.85.